The standard InChI is InChI=1S/C15H26N4O/c1-4-12-10-14(19(6-3)17-12)15(20)18-9-7-8-13(11-18)16-5-2/h10,13,16H,4-9,11H2,1-3H3. The van der Waals surface area contributed by atoms with Crippen LogP contribution in [0.4, 0.5) is 0 Å². The highest BCUT2D eigenvalue weighted by atomic mass is 16.2. The maximum Gasteiger partial charge on any atom is 0.272 e. The fraction of sp³-hybridized carbons (Fsp3) is 0.733. The van der Waals surface area contributed by atoms with Gasteiger partial charge in [0.15, 0.2) is 0 Å². The van der Waals surface area contributed by atoms with Gasteiger partial charge in [-0.3, -0.25) is 9.48 Å². The molecule has 2 rings (SSSR count). The summed E-state index contributed by atoms with van der Waals surface area (Å²) < 4.78 is 1.83. The first-order chi connectivity index (χ1) is 9.69. The number of hydrogen-bond donors (Lipinski definition) is 1. The molecular weight excluding hydrogens is 252 g/mol. The predicted octanol–water partition coefficient (Wildman–Crippen LogP) is 1.68. The van der Waals surface area contributed by atoms with Crippen LogP contribution in [-0.2, 0) is 13.0 Å². The van der Waals surface area contributed by atoms with Gasteiger partial charge in [-0.15, -0.1) is 0 Å². The number of nitrogens with one attached hydrogen (secondary N) is 1. The summed E-state index contributed by atoms with van der Waals surface area (Å²) >= 11 is 0. The van der Waals surface area contributed by atoms with E-state index in [1.54, 1.807) is 0 Å². The minimum atomic E-state index is 0.127. The third-order valence-electron chi connectivity index (χ3n) is 3.91. The number of likely N-dealkylation sites (N-methyl/N-ethyl adjacent to an activating group) is 1. The number of aryl methyl sites for hydroxylation is 2. The minimum absolute atomic E-state index is 0.127. The summed E-state index contributed by atoms with van der Waals surface area (Å²) in [5.41, 5.74) is 1.73. The summed E-state index contributed by atoms with van der Waals surface area (Å²) in [5.74, 6) is 0.127. The lowest BCUT2D eigenvalue weighted by Gasteiger charge is -2.33. The Balaban J connectivity index is 2.12. The van der Waals surface area contributed by atoms with Crippen LogP contribution in [0.3, 0.4) is 0 Å². The summed E-state index contributed by atoms with van der Waals surface area (Å²) in [6.07, 6.45) is 3.10. The molecular formula is C15H26N4O. The number of nitrogens with zero attached hydrogens (tertiary/aromatic N) is 3. The number of carbonyl (C=O) groups is 1. The molecule has 1 aromatic rings. The van der Waals surface area contributed by atoms with E-state index < -0.39 is 0 Å². The average molecular weight is 278 g/mol. The number of aromatic nitrogens is 2. The molecule has 2 heterocycles. The first kappa shape index (κ1) is 15.0. The van der Waals surface area contributed by atoms with E-state index in [2.05, 4.69) is 24.3 Å². The molecule has 1 saturated heterocycles. The first-order valence-electron chi connectivity index (χ1n) is 7.78. The SMILES string of the molecule is CCNC1CCCN(C(=O)c2cc(CC)nn2CC)C1. The monoisotopic (exact) mass is 278 g/mol. The number of hydrogen-bond acceptors (Lipinski definition) is 3. The van der Waals surface area contributed by atoms with Crippen LogP contribution in [0.1, 0.15) is 49.8 Å². The number of amides is 1. The molecule has 1 aliphatic rings. The van der Waals surface area contributed by atoms with E-state index in [1.807, 2.05) is 22.6 Å². The average Bonchev–Trinajstić information content (AvgIpc) is 2.90. The second-order valence-corrected chi connectivity index (χ2v) is 5.34. The first-order valence-corrected chi connectivity index (χ1v) is 7.78. The molecule has 1 unspecified atom stereocenters. The zero-order chi connectivity index (χ0) is 14.5. The van der Waals surface area contributed by atoms with Crippen LogP contribution < -0.4 is 5.32 Å². The summed E-state index contributed by atoms with van der Waals surface area (Å²) in [5, 5.41) is 7.92. The molecule has 0 spiro atoms. The zero-order valence-corrected chi connectivity index (χ0v) is 12.9. The minimum Gasteiger partial charge on any atom is -0.336 e. The van der Waals surface area contributed by atoms with Crippen LogP contribution in [-0.4, -0.2) is 46.3 Å². The highest BCUT2D eigenvalue weighted by Crippen LogP contribution is 2.15. The number of carbonyl (C=O) groups excluding carboxylic acids is 1. The van der Waals surface area contributed by atoms with Gasteiger partial charge < -0.3 is 10.2 Å². The second kappa shape index (κ2) is 6.88. The zero-order valence-electron chi connectivity index (χ0n) is 12.9. The second-order valence-electron chi connectivity index (χ2n) is 5.34. The number of rotatable bonds is 5. The molecule has 0 aliphatic carbocycles. The van der Waals surface area contributed by atoms with Crippen molar-refractivity contribution in [2.45, 2.75) is 52.6 Å². The van der Waals surface area contributed by atoms with E-state index in [0.29, 0.717) is 6.04 Å². The van der Waals surface area contributed by atoms with Crippen LogP contribution in [0, 0.1) is 0 Å². The molecule has 0 bridgehead atoms. The molecule has 1 atom stereocenters. The molecule has 112 valence electrons. The van der Waals surface area contributed by atoms with Crippen molar-refractivity contribution in [1.29, 1.82) is 0 Å². The number of likely N-dealkylation sites (tertiary alicyclic amines) is 1. The van der Waals surface area contributed by atoms with Gasteiger partial charge >= 0.3 is 0 Å². The predicted molar refractivity (Wildman–Crippen MR) is 79.9 cm³/mol. The van der Waals surface area contributed by atoms with Crippen molar-refractivity contribution in [1.82, 2.24) is 20.0 Å². The molecule has 1 N–H and O–H groups in total. The molecule has 0 radical (unpaired) electrons. The van der Waals surface area contributed by atoms with Crippen molar-refractivity contribution in [2.75, 3.05) is 19.6 Å². The smallest absolute Gasteiger partial charge is 0.272 e. The van der Waals surface area contributed by atoms with Crippen molar-refractivity contribution < 1.29 is 4.79 Å². The van der Waals surface area contributed by atoms with Crippen LogP contribution in [0.15, 0.2) is 6.07 Å². The van der Waals surface area contributed by atoms with Crippen molar-refractivity contribution in [3.63, 3.8) is 0 Å². The van der Waals surface area contributed by atoms with Gasteiger partial charge in [0.25, 0.3) is 5.91 Å². The van der Waals surface area contributed by atoms with Crippen LogP contribution in [0.2, 0.25) is 0 Å². The van der Waals surface area contributed by atoms with Crippen LogP contribution in [0.25, 0.3) is 0 Å². The maximum absolute atomic E-state index is 12.7. The van der Waals surface area contributed by atoms with Gasteiger partial charge in [-0.25, -0.2) is 0 Å². The van der Waals surface area contributed by atoms with Crippen molar-refractivity contribution in [2.24, 2.45) is 0 Å². The van der Waals surface area contributed by atoms with Crippen molar-refractivity contribution in [3.8, 4) is 0 Å². The van der Waals surface area contributed by atoms with Gasteiger partial charge in [-0.2, -0.15) is 5.10 Å². The molecule has 5 heteroatoms. The highest BCUT2D eigenvalue weighted by Gasteiger charge is 2.26. The lowest BCUT2D eigenvalue weighted by atomic mass is 10.1. The maximum atomic E-state index is 12.7. The Labute approximate surface area is 121 Å². The Hall–Kier alpha value is -1.36. The molecule has 5 nitrogen and oxygen atoms in total. The van der Waals surface area contributed by atoms with Gasteiger partial charge in [0.1, 0.15) is 5.69 Å². The van der Waals surface area contributed by atoms with Gasteiger partial charge in [-0.05, 0) is 38.8 Å². The summed E-state index contributed by atoms with van der Waals surface area (Å²) in [6, 6.07) is 2.38. The van der Waals surface area contributed by atoms with Gasteiger partial charge in [0.05, 0.1) is 5.69 Å². The van der Waals surface area contributed by atoms with E-state index in [4.69, 9.17) is 0 Å². The molecule has 0 aromatic carbocycles. The Morgan fingerprint density at radius 1 is 1.45 bits per heavy atom. The normalized spacial score (nSPS) is 19.4. The lowest BCUT2D eigenvalue weighted by Crippen LogP contribution is -2.48. The van der Waals surface area contributed by atoms with Crippen molar-refractivity contribution >= 4 is 5.91 Å². The van der Waals surface area contributed by atoms with E-state index >= 15 is 0 Å². The molecule has 1 fully saturated rings. The van der Waals surface area contributed by atoms with Crippen molar-refractivity contribution in [3.05, 3.63) is 17.5 Å². The quantitative estimate of drug-likeness (QED) is 0.891. The Morgan fingerprint density at radius 2 is 2.25 bits per heavy atom. The molecule has 1 aromatic heterocycles. The number of piperidine rings is 1. The van der Waals surface area contributed by atoms with Gasteiger partial charge in [0, 0.05) is 25.7 Å². The Kier molecular flexibility index (Phi) is 5.17. The van der Waals surface area contributed by atoms with Gasteiger partial charge in [-0.1, -0.05) is 13.8 Å². The topological polar surface area (TPSA) is 50.2 Å². The van der Waals surface area contributed by atoms with Crippen LogP contribution >= 0.6 is 0 Å². The van der Waals surface area contributed by atoms with Crippen LogP contribution in [0.5, 0.6) is 0 Å². The Bertz CT molecular complexity index is 453. The third kappa shape index (κ3) is 3.20. The molecule has 1 amide bonds. The highest BCUT2D eigenvalue weighted by molar-refractivity contribution is 5.92. The summed E-state index contributed by atoms with van der Waals surface area (Å²) in [7, 11) is 0. The fourth-order valence-electron chi connectivity index (χ4n) is 2.83. The lowest BCUT2D eigenvalue weighted by molar-refractivity contribution is 0.0683. The van der Waals surface area contributed by atoms with E-state index in [-0.39, 0.29) is 5.91 Å². The Morgan fingerprint density at radius 3 is 2.90 bits per heavy atom. The fourth-order valence-corrected chi connectivity index (χ4v) is 2.83. The molecule has 1 aliphatic heterocycles. The summed E-state index contributed by atoms with van der Waals surface area (Å²) in [6.45, 7) is 9.57. The largest absolute Gasteiger partial charge is 0.336 e. The summed E-state index contributed by atoms with van der Waals surface area (Å²) in [4.78, 5) is 14.7. The van der Waals surface area contributed by atoms with Gasteiger partial charge in [0.2, 0.25) is 0 Å². The van der Waals surface area contributed by atoms with E-state index in [0.717, 1.165) is 56.8 Å². The molecule has 20 heavy (non-hydrogen) atoms. The third-order valence-corrected chi connectivity index (χ3v) is 3.91. The van der Waals surface area contributed by atoms with E-state index in [9.17, 15) is 4.79 Å². The molecule has 0 saturated carbocycles. The van der Waals surface area contributed by atoms with E-state index in [1.165, 1.54) is 0 Å².